The fourth-order valence-electron chi connectivity index (χ4n) is 4.59. The molecule has 2 aromatic rings. The van der Waals surface area contributed by atoms with E-state index in [2.05, 4.69) is 37.2 Å². The molecule has 0 aliphatic heterocycles. The quantitative estimate of drug-likeness (QED) is 0.890. The minimum atomic E-state index is 0.342. The second kappa shape index (κ2) is 5.68. The molecule has 0 amide bonds. The molecule has 1 fully saturated rings. The molecule has 23 heavy (non-hydrogen) atoms. The van der Waals surface area contributed by atoms with Gasteiger partial charge in [-0.2, -0.15) is 0 Å². The molecule has 1 saturated carbocycles. The van der Waals surface area contributed by atoms with Crippen LogP contribution in [-0.2, 0) is 0 Å². The van der Waals surface area contributed by atoms with Gasteiger partial charge in [-0.1, -0.05) is 18.2 Å². The Morgan fingerprint density at radius 2 is 1.57 bits per heavy atom. The minimum Gasteiger partial charge on any atom is -0.508 e. The van der Waals surface area contributed by atoms with Gasteiger partial charge in [0.1, 0.15) is 5.75 Å². The molecule has 0 radical (unpaired) electrons. The number of phenols is 1. The summed E-state index contributed by atoms with van der Waals surface area (Å²) in [5, 5.41) is 12.0. The molecule has 0 saturated heterocycles. The molecule has 0 unspecified atom stereocenters. The molecule has 3 aliphatic carbocycles. The van der Waals surface area contributed by atoms with Gasteiger partial charge in [0.2, 0.25) is 0 Å². The van der Waals surface area contributed by atoms with Crippen LogP contribution in [0.2, 0.25) is 0 Å². The lowest BCUT2D eigenvalue weighted by Crippen LogP contribution is -2.31. The third-order valence-corrected chi connectivity index (χ3v) is 5.60. The van der Waals surface area contributed by atoms with Crippen LogP contribution in [0.3, 0.4) is 0 Å². The summed E-state index contributed by atoms with van der Waals surface area (Å²) in [6.45, 7) is 1.09. The fraction of sp³-hybridized carbons (Fsp3) is 0.429. The molecule has 0 spiro atoms. The molecular weight excluding hydrogens is 282 g/mol. The van der Waals surface area contributed by atoms with Crippen LogP contribution in [0.1, 0.15) is 31.2 Å². The van der Waals surface area contributed by atoms with Crippen molar-refractivity contribution in [1.29, 1.82) is 0 Å². The smallest absolute Gasteiger partial charge is 0.116 e. The van der Waals surface area contributed by atoms with E-state index in [1.54, 1.807) is 17.2 Å². The molecule has 5 rings (SSSR count). The van der Waals surface area contributed by atoms with Crippen molar-refractivity contribution < 1.29 is 5.11 Å². The number of hydrogen-bond donors (Lipinski definition) is 1. The summed E-state index contributed by atoms with van der Waals surface area (Å²) in [6, 6.07) is 12.4. The van der Waals surface area contributed by atoms with Crippen molar-refractivity contribution in [1.82, 2.24) is 4.90 Å². The van der Waals surface area contributed by atoms with E-state index in [9.17, 15) is 5.11 Å². The number of fused-ring (bicyclic) bond motifs is 3. The highest BCUT2D eigenvalue weighted by molar-refractivity contribution is 5.88. The van der Waals surface area contributed by atoms with Crippen molar-refractivity contribution in [3.05, 3.63) is 47.5 Å². The summed E-state index contributed by atoms with van der Waals surface area (Å²) in [4.78, 5) is 2.31. The first-order valence-corrected chi connectivity index (χ1v) is 8.72. The van der Waals surface area contributed by atoms with Gasteiger partial charge < -0.3 is 10.0 Å². The number of likely N-dealkylation sites (N-methyl/N-ethyl adjacent to an activating group) is 1. The van der Waals surface area contributed by atoms with E-state index in [1.807, 2.05) is 12.1 Å². The van der Waals surface area contributed by atoms with Crippen LogP contribution in [0.5, 0.6) is 5.75 Å². The average molecular weight is 307 g/mol. The van der Waals surface area contributed by atoms with E-state index < -0.39 is 0 Å². The summed E-state index contributed by atoms with van der Waals surface area (Å²) in [5.41, 5.74) is 4.70. The molecular formula is C21H25NO. The van der Waals surface area contributed by atoms with Gasteiger partial charge in [-0.15, -0.1) is 0 Å². The highest BCUT2D eigenvalue weighted by Gasteiger charge is 2.35. The van der Waals surface area contributed by atoms with Crippen LogP contribution in [0.4, 0.5) is 0 Å². The molecule has 0 heterocycles. The zero-order valence-electron chi connectivity index (χ0n) is 14.0. The predicted molar refractivity (Wildman–Crippen MR) is 96.5 cm³/mol. The molecule has 2 heteroatoms. The van der Waals surface area contributed by atoms with Crippen LogP contribution in [0.15, 0.2) is 42.0 Å². The minimum absolute atomic E-state index is 0.342. The van der Waals surface area contributed by atoms with Crippen LogP contribution < -0.4 is 0 Å². The third kappa shape index (κ3) is 2.66. The van der Waals surface area contributed by atoms with Gasteiger partial charge in [-0.3, -0.25) is 0 Å². The Kier molecular flexibility index (Phi) is 3.65. The first-order valence-electron chi connectivity index (χ1n) is 8.72. The van der Waals surface area contributed by atoms with Gasteiger partial charge in [0.05, 0.1) is 0 Å². The van der Waals surface area contributed by atoms with E-state index in [4.69, 9.17) is 0 Å². The van der Waals surface area contributed by atoms with Gasteiger partial charge in [0, 0.05) is 6.54 Å². The average Bonchev–Trinajstić information content (AvgIpc) is 2.55. The zero-order valence-corrected chi connectivity index (χ0v) is 14.0. The highest BCUT2D eigenvalue weighted by Crippen LogP contribution is 2.49. The Balaban J connectivity index is 1.84. The van der Waals surface area contributed by atoms with Crippen molar-refractivity contribution in [3.63, 3.8) is 0 Å². The number of benzene rings is 2. The molecule has 0 aromatic heterocycles. The summed E-state index contributed by atoms with van der Waals surface area (Å²) >= 11 is 0. The molecule has 1 N–H and O–H groups in total. The summed E-state index contributed by atoms with van der Waals surface area (Å²) in [5.74, 6) is 1.87. The Labute approximate surface area is 138 Å². The van der Waals surface area contributed by atoms with Crippen LogP contribution in [-0.4, -0.2) is 30.6 Å². The molecule has 2 aromatic carbocycles. The number of phenolic OH excluding ortho intramolecular Hbond substituents is 1. The van der Waals surface area contributed by atoms with Crippen LogP contribution >= 0.6 is 0 Å². The molecule has 2 nitrogen and oxygen atoms in total. The number of aromatic hydroxyl groups is 1. The summed E-state index contributed by atoms with van der Waals surface area (Å²) < 4.78 is 0. The van der Waals surface area contributed by atoms with Crippen molar-refractivity contribution in [2.24, 2.45) is 11.8 Å². The maximum atomic E-state index is 9.66. The first kappa shape index (κ1) is 14.8. The maximum absolute atomic E-state index is 9.66. The van der Waals surface area contributed by atoms with E-state index in [-0.39, 0.29) is 0 Å². The Bertz CT molecular complexity index is 767. The number of rotatable bonds is 3. The van der Waals surface area contributed by atoms with E-state index >= 15 is 0 Å². The predicted octanol–water partition coefficient (Wildman–Crippen LogP) is 4.68. The van der Waals surface area contributed by atoms with Gasteiger partial charge in [0.15, 0.2) is 0 Å². The van der Waals surface area contributed by atoms with Crippen molar-refractivity contribution in [2.75, 3.05) is 20.6 Å². The van der Waals surface area contributed by atoms with Gasteiger partial charge in [0.25, 0.3) is 0 Å². The summed E-state index contributed by atoms with van der Waals surface area (Å²) in [7, 11) is 4.35. The summed E-state index contributed by atoms with van der Waals surface area (Å²) in [6.07, 6.45) is 5.45. The Hall–Kier alpha value is -1.80. The topological polar surface area (TPSA) is 23.5 Å². The van der Waals surface area contributed by atoms with Gasteiger partial charge >= 0.3 is 0 Å². The normalized spacial score (nSPS) is 24.0. The fourth-order valence-corrected chi connectivity index (χ4v) is 4.59. The monoisotopic (exact) mass is 307 g/mol. The second-order valence-electron chi connectivity index (χ2n) is 7.47. The van der Waals surface area contributed by atoms with Crippen molar-refractivity contribution >= 4 is 16.3 Å². The number of allylic oxidation sites excluding steroid dienone is 1. The van der Waals surface area contributed by atoms with Gasteiger partial charge in [-0.05, 0) is 97.3 Å². The molecule has 3 aliphatic rings. The first-order chi connectivity index (χ1) is 11.1. The lowest BCUT2D eigenvalue weighted by atomic mass is 9.65. The Morgan fingerprint density at radius 3 is 2.30 bits per heavy atom. The lowest BCUT2D eigenvalue weighted by Gasteiger charge is -2.41. The standard InChI is InChI=1S/C21H25NO/c1-22(2)13-20-14-3-5-15(6-4-14)21(20)18-8-7-17-12-19(23)10-9-16(17)11-18/h7-12,14-15,23H,3-6,13H2,1-2H3. The van der Waals surface area contributed by atoms with Crippen LogP contribution in [0.25, 0.3) is 16.3 Å². The molecule has 0 atom stereocenters. The van der Waals surface area contributed by atoms with Crippen LogP contribution in [0, 0.1) is 11.8 Å². The Morgan fingerprint density at radius 1 is 0.913 bits per heavy atom. The van der Waals surface area contributed by atoms with E-state index in [1.165, 1.54) is 36.6 Å². The van der Waals surface area contributed by atoms with Gasteiger partial charge in [-0.25, -0.2) is 0 Å². The van der Waals surface area contributed by atoms with Crippen molar-refractivity contribution in [3.8, 4) is 5.75 Å². The second-order valence-corrected chi connectivity index (χ2v) is 7.47. The number of hydrogen-bond acceptors (Lipinski definition) is 2. The third-order valence-electron chi connectivity index (χ3n) is 5.60. The highest BCUT2D eigenvalue weighted by atomic mass is 16.3. The van der Waals surface area contributed by atoms with Crippen molar-refractivity contribution in [2.45, 2.75) is 25.7 Å². The SMILES string of the molecule is CN(C)CC1=C(c2ccc3cc(O)ccc3c2)C2CCC1CC2. The lowest BCUT2D eigenvalue weighted by molar-refractivity contribution is 0.299. The zero-order chi connectivity index (χ0) is 16.0. The molecule has 2 bridgehead atoms. The number of nitrogens with zero attached hydrogens (tertiary/aromatic N) is 1. The van der Waals surface area contributed by atoms with E-state index in [0.717, 1.165) is 23.8 Å². The maximum Gasteiger partial charge on any atom is 0.116 e. The molecule has 120 valence electrons. The largest absolute Gasteiger partial charge is 0.508 e. The van der Waals surface area contributed by atoms with E-state index in [0.29, 0.717) is 5.75 Å².